The second-order valence-electron chi connectivity index (χ2n) is 6.30. The lowest BCUT2D eigenvalue weighted by Crippen LogP contribution is -2.36. The molecular weight excluding hydrogens is 308 g/mol. The first kappa shape index (κ1) is 18.2. The molecule has 0 unspecified atom stereocenters. The van der Waals surface area contributed by atoms with Gasteiger partial charge in [0.2, 0.25) is 0 Å². The molecule has 1 aliphatic carbocycles. The zero-order valence-corrected chi connectivity index (χ0v) is 15.1. The second-order valence-corrected chi connectivity index (χ2v) is 7.35. The molecule has 1 saturated carbocycles. The number of unbranched alkanes of at least 4 members (excludes halogenated alkanes) is 1. The Morgan fingerprint density at radius 3 is 2.74 bits per heavy atom. The van der Waals surface area contributed by atoms with Crippen molar-refractivity contribution in [3.63, 3.8) is 0 Å². The predicted octanol–water partition coefficient (Wildman–Crippen LogP) is 5.08. The van der Waals surface area contributed by atoms with Gasteiger partial charge in [-0.05, 0) is 37.5 Å². The molecule has 0 N–H and O–H groups in total. The van der Waals surface area contributed by atoms with Crippen LogP contribution in [0, 0.1) is 5.41 Å². The van der Waals surface area contributed by atoms with Gasteiger partial charge in [0.1, 0.15) is 5.75 Å². The van der Waals surface area contributed by atoms with Crippen LogP contribution in [0.3, 0.4) is 0 Å². The molecule has 0 amide bonds. The number of thioether (sulfide) groups is 1. The van der Waals surface area contributed by atoms with Crippen molar-refractivity contribution in [2.24, 2.45) is 5.41 Å². The molecule has 1 fully saturated rings. The Morgan fingerprint density at radius 2 is 2.04 bits per heavy atom. The van der Waals surface area contributed by atoms with Gasteiger partial charge >= 0.3 is 5.97 Å². The summed E-state index contributed by atoms with van der Waals surface area (Å²) in [5.74, 6) is 1.66. The molecule has 0 atom stereocenters. The minimum Gasteiger partial charge on any atom is -0.494 e. The summed E-state index contributed by atoms with van der Waals surface area (Å²) in [6.07, 6.45) is 7.56. The number of hydrogen-bond acceptors (Lipinski definition) is 4. The minimum absolute atomic E-state index is 0.0416. The van der Waals surface area contributed by atoms with Crippen LogP contribution in [-0.4, -0.2) is 25.4 Å². The number of rotatable bonds is 8. The van der Waals surface area contributed by atoms with E-state index in [4.69, 9.17) is 9.47 Å². The van der Waals surface area contributed by atoms with E-state index in [1.165, 1.54) is 13.5 Å². The van der Waals surface area contributed by atoms with E-state index in [1.807, 2.05) is 12.1 Å². The van der Waals surface area contributed by atoms with Crippen molar-refractivity contribution in [1.82, 2.24) is 0 Å². The number of carbonyl (C=O) groups excluding carboxylic acids is 1. The zero-order chi connectivity index (χ0) is 16.5. The Kier molecular flexibility index (Phi) is 7.28. The lowest BCUT2D eigenvalue weighted by Gasteiger charge is -2.34. The molecule has 0 aliphatic heterocycles. The Balaban J connectivity index is 1.97. The summed E-state index contributed by atoms with van der Waals surface area (Å²) in [6, 6.07) is 8.19. The van der Waals surface area contributed by atoms with E-state index in [2.05, 4.69) is 19.1 Å². The number of esters is 1. The van der Waals surface area contributed by atoms with E-state index in [0.717, 1.165) is 61.5 Å². The van der Waals surface area contributed by atoms with Crippen LogP contribution in [0.5, 0.6) is 5.75 Å². The highest BCUT2D eigenvalue weighted by molar-refractivity contribution is 7.99. The van der Waals surface area contributed by atoms with E-state index in [0.29, 0.717) is 0 Å². The molecule has 128 valence electrons. The maximum atomic E-state index is 12.3. The van der Waals surface area contributed by atoms with E-state index < -0.39 is 0 Å². The van der Waals surface area contributed by atoms with E-state index in [-0.39, 0.29) is 11.4 Å². The lowest BCUT2D eigenvalue weighted by atomic mass is 9.75. The number of carbonyl (C=O) groups is 1. The predicted molar refractivity (Wildman–Crippen MR) is 95.1 cm³/mol. The van der Waals surface area contributed by atoms with E-state index in [1.54, 1.807) is 11.8 Å². The fraction of sp³-hybridized carbons (Fsp3) is 0.632. The highest BCUT2D eigenvalue weighted by Gasteiger charge is 2.40. The molecule has 2 rings (SSSR count). The fourth-order valence-corrected chi connectivity index (χ4v) is 4.29. The largest absolute Gasteiger partial charge is 0.494 e. The Hall–Kier alpha value is -1.16. The molecule has 0 bridgehead atoms. The van der Waals surface area contributed by atoms with Gasteiger partial charge in [0.15, 0.2) is 0 Å². The highest BCUT2D eigenvalue weighted by Crippen LogP contribution is 2.42. The van der Waals surface area contributed by atoms with Gasteiger partial charge in [-0.25, -0.2) is 0 Å². The second kappa shape index (κ2) is 9.21. The summed E-state index contributed by atoms with van der Waals surface area (Å²) < 4.78 is 10.9. The van der Waals surface area contributed by atoms with Gasteiger partial charge in [0.25, 0.3) is 0 Å². The van der Waals surface area contributed by atoms with Crippen molar-refractivity contribution in [3.8, 4) is 5.75 Å². The van der Waals surface area contributed by atoms with Crippen molar-refractivity contribution in [2.75, 3.05) is 19.5 Å². The SMILES string of the molecule is CCCCOc1cccc(SCC2(C(=O)OC)CCCCC2)c1. The van der Waals surface area contributed by atoms with Crippen LogP contribution >= 0.6 is 11.8 Å². The lowest BCUT2D eigenvalue weighted by molar-refractivity contribution is -0.153. The molecule has 1 aliphatic rings. The monoisotopic (exact) mass is 336 g/mol. The van der Waals surface area contributed by atoms with Gasteiger partial charge in [-0.1, -0.05) is 38.7 Å². The molecule has 0 heterocycles. The third-order valence-electron chi connectivity index (χ3n) is 4.52. The summed E-state index contributed by atoms with van der Waals surface area (Å²) in [5.41, 5.74) is -0.309. The Morgan fingerprint density at radius 1 is 1.26 bits per heavy atom. The van der Waals surface area contributed by atoms with Crippen LogP contribution in [0.25, 0.3) is 0 Å². The van der Waals surface area contributed by atoms with Crippen LogP contribution in [0.1, 0.15) is 51.9 Å². The summed E-state index contributed by atoms with van der Waals surface area (Å²) in [5, 5.41) is 0. The summed E-state index contributed by atoms with van der Waals surface area (Å²) in [7, 11) is 1.51. The molecular formula is C19H28O3S. The van der Waals surface area contributed by atoms with Gasteiger partial charge in [-0.2, -0.15) is 0 Å². The number of ether oxygens (including phenoxy) is 2. The first-order valence-corrected chi connectivity index (χ1v) is 9.63. The van der Waals surface area contributed by atoms with E-state index in [9.17, 15) is 4.79 Å². The van der Waals surface area contributed by atoms with Crippen LogP contribution in [0.4, 0.5) is 0 Å². The normalized spacial score (nSPS) is 16.8. The maximum Gasteiger partial charge on any atom is 0.312 e. The molecule has 23 heavy (non-hydrogen) atoms. The Bertz CT molecular complexity index is 495. The fourth-order valence-electron chi connectivity index (χ4n) is 3.06. The molecule has 0 saturated heterocycles. The van der Waals surface area contributed by atoms with Crippen LogP contribution < -0.4 is 4.74 Å². The average molecular weight is 336 g/mol. The highest BCUT2D eigenvalue weighted by atomic mass is 32.2. The van der Waals surface area contributed by atoms with Crippen molar-refractivity contribution in [1.29, 1.82) is 0 Å². The van der Waals surface area contributed by atoms with Crippen LogP contribution in [0.15, 0.2) is 29.2 Å². The first-order chi connectivity index (χ1) is 11.2. The molecule has 1 aromatic carbocycles. The van der Waals surface area contributed by atoms with Gasteiger partial charge in [0.05, 0.1) is 19.1 Å². The van der Waals surface area contributed by atoms with Crippen molar-refractivity contribution in [3.05, 3.63) is 24.3 Å². The number of benzene rings is 1. The molecule has 0 spiro atoms. The molecule has 4 heteroatoms. The van der Waals surface area contributed by atoms with Gasteiger partial charge in [-0.15, -0.1) is 11.8 Å². The third-order valence-corrected chi connectivity index (χ3v) is 5.80. The minimum atomic E-state index is -0.309. The Labute approximate surface area is 144 Å². The molecule has 1 aromatic rings. The summed E-state index contributed by atoms with van der Waals surface area (Å²) in [6.45, 7) is 2.92. The quantitative estimate of drug-likeness (QED) is 0.377. The van der Waals surface area contributed by atoms with Crippen LogP contribution in [-0.2, 0) is 9.53 Å². The van der Waals surface area contributed by atoms with E-state index >= 15 is 0 Å². The average Bonchev–Trinajstić information content (AvgIpc) is 2.61. The van der Waals surface area contributed by atoms with Gasteiger partial charge < -0.3 is 9.47 Å². The molecule has 0 radical (unpaired) electrons. The molecule has 0 aromatic heterocycles. The zero-order valence-electron chi connectivity index (χ0n) is 14.3. The third kappa shape index (κ3) is 5.17. The number of hydrogen-bond donors (Lipinski definition) is 0. The topological polar surface area (TPSA) is 35.5 Å². The summed E-state index contributed by atoms with van der Waals surface area (Å²) >= 11 is 1.74. The van der Waals surface area contributed by atoms with Gasteiger partial charge in [0, 0.05) is 10.6 Å². The maximum absolute atomic E-state index is 12.3. The smallest absolute Gasteiger partial charge is 0.312 e. The van der Waals surface area contributed by atoms with Crippen LogP contribution in [0.2, 0.25) is 0 Å². The standard InChI is InChI=1S/C19H28O3S/c1-3-4-13-22-16-9-8-10-17(14-16)23-15-19(18(20)21-2)11-6-5-7-12-19/h8-10,14H,3-7,11-13,15H2,1-2H3. The van der Waals surface area contributed by atoms with Crippen molar-refractivity contribution in [2.45, 2.75) is 56.8 Å². The first-order valence-electron chi connectivity index (χ1n) is 8.64. The number of methoxy groups -OCH3 is 1. The summed E-state index contributed by atoms with van der Waals surface area (Å²) in [4.78, 5) is 13.5. The van der Waals surface area contributed by atoms with Gasteiger partial charge in [-0.3, -0.25) is 4.79 Å². The van der Waals surface area contributed by atoms with Crippen molar-refractivity contribution >= 4 is 17.7 Å². The molecule has 3 nitrogen and oxygen atoms in total. The van der Waals surface area contributed by atoms with Crippen molar-refractivity contribution < 1.29 is 14.3 Å².